The van der Waals surface area contributed by atoms with Gasteiger partial charge in [-0.3, -0.25) is 9.69 Å². The zero-order chi connectivity index (χ0) is 13.2. The van der Waals surface area contributed by atoms with Crippen molar-refractivity contribution in [2.45, 2.75) is 57.9 Å². The molecule has 1 aliphatic rings. The maximum Gasteiger partial charge on any atom is 0.305 e. The van der Waals surface area contributed by atoms with Crippen molar-refractivity contribution < 1.29 is 14.6 Å². The van der Waals surface area contributed by atoms with Crippen LogP contribution < -0.4 is 0 Å². The van der Waals surface area contributed by atoms with Gasteiger partial charge in [0.15, 0.2) is 0 Å². The maximum absolute atomic E-state index is 10.8. The highest BCUT2D eigenvalue weighted by Crippen LogP contribution is 2.13. The number of carboxylic acid groups (broad SMARTS) is 1. The first kappa shape index (κ1) is 15.4. The van der Waals surface area contributed by atoms with E-state index >= 15 is 0 Å². The topological polar surface area (TPSA) is 49.8 Å². The summed E-state index contributed by atoms with van der Waals surface area (Å²) in [6.45, 7) is 5.44. The molecule has 1 saturated heterocycles. The largest absolute Gasteiger partial charge is 0.481 e. The van der Waals surface area contributed by atoms with Crippen LogP contribution in [0.15, 0.2) is 0 Å². The van der Waals surface area contributed by atoms with Crippen molar-refractivity contribution in [3.63, 3.8) is 0 Å². The second-order valence-electron chi connectivity index (χ2n) is 5.13. The van der Waals surface area contributed by atoms with Gasteiger partial charge in [0.05, 0.1) is 19.6 Å². The normalized spacial score (nSPS) is 21.1. The third-order valence-corrected chi connectivity index (χ3v) is 3.56. The molecule has 0 amide bonds. The summed E-state index contributed by atoms with van der Waals surface area (Å²) in [5, 5.41) is 8.87. The molecule has 1 heterocycles. The van der Waals surface area contributed by atoms with E-state index in [1.54, 1.807) is 0 Å². The van der Waals surface area contributed by atoms with E-state index in [2.05, 4.69) is 11.8 Å². The minimum Gasteiger partial charge on any atom is -0.481 e. The lowest BCUT2D eigenvalue weighted by atomic mass is 10.1. The number of carboxylic acids is 1. The minimum atomic E-state index is -0.724. The molecule has 0 bridgehead atoms. The molecule has 0 aromatic heterocycles. The monoisotopic (exact) mass is 257 g/mol. The average molecular weight is 257 g/mol. The molecule has 0 aliphatic carbocycles. The highest BCUT2D eigenvalue weighted by atomic mass is 16.5. The van der Waals surface area contributed by atoms with Crippen LogP contribution in [0.5, 0.6) is 0 Å². The highest BCUT2D eigenvalue weighted by molar-refractivity contribution is 5.67. The molecule has 18 heavy (non-hydrogen) atoms. The van der Waals surface area contributed by atoms with Crippen LogP contribution in [-0.4, -0.2) is 48.3 Å². The zero-order valence-corrected chi connectivity index (χ0v) is 11.6. The summed E-state index contributed by atoms with van der Waals surface area (Å²) < 4.78 is 5.37. The van der Waals surface area contributed by atoms with E-state index in [1.807, 2.05) is 0 Å². The Morgan fingerprint density at radius 1 is 1.28 bits per heavy atom. The Morgan fingerprint density at radius 2 is 2.00 bits per heavy atom. The molecule has 106 valence electrons. The standard InChI is InChI=1S/C14H27NO3/c1-2-3-4-5-6-7-8-15-9-10-18-12-13(15)11-14(16)17/h13H,2-12H2,1H3,(H,16,17). The Balaban J connectivity index is 2.15. The smallest absolute Gasteiger partial charge is 0.305 e. The number of rotatable bonds is 9. The molecule has 1 N–H and O–H groups in total. The second-order valence-corrected chi connectivity index (χ2v) is 5.13. The second kappa shape index (κ2) is 9.34. The van der Waals surface area contributed by atoms with Crippen LogP contribution in [0.4, 0.5) is 0 Å². The van der Waals surface area contributed by atoms with Gasteiger partial charge in [0.25, 0.3) is 0 Å². The summed E-state index contributed by atoms with van der Waals surface area (Å²) in [6, 6.07) is 0.0758. The van der Waals surface area contributed by atoms with Crippen molar-refractivity contribution >= 4 is 5.97 Å². The molecule has 1 unspecified atom stereocenters. The Labute approximate surface area is 110 Å². The SMILES string of the molecule is CCCCCCCCN1CCOCC1CC(=O)O. The van der Waals surface area contributed by atoms with Gasteiger partial charge >= 0.3 is 5.97 Å². The van der Waals surface area contributed by atoms with Gasteiger partial charge in [-0.25, -0.2) is 0 Å². The third kappa shape index (κ3) is 6.36. The number of carbonyl (C=O) groups is 1. The summed E-state index contributed by atoms with van der Waals surface area (Å²) in [7, 11) is 0. The number of nitrogens with zero attached hydrogens (tertiary/aromatic N) is 1. The number of hydrogen-bond donors (Lipinski definition) is 1. The van der Waals surface area contributed by atoms with Gasteiger partial charge in [-0.1, -0.05) is 39.0 Å². The maximum atomic E-state index is 10.8. The van der Waals surface area contributed by atoms with Crippen molar-refractivity contribution in [1.29, 1.82) is 0 Å². The molecule has 1 atom stereocenters. The molecule has 1 rings (SSSR count). The average Bonchev–Trinajstić information content (AvgIpc) is 2.35. The van der Waals surface area contributed by atoms with Crippen LogP contribution >= 0.6 is 0 Å². The number of unbranched alkanes of at least 4 members (excludes halogenated alkanes) is 5. The Kier molecular flexibility index (Phi) is 8.01. The van der Waals surface area contributed by atoms with Crippen LogP contribution in [0.25, 0.3) is 0 Å². The molecule has 4 heteroatoms. The molecular formula is C14H27NO3. The Bertz CT molecular complexity index is 233. The highest BCUT2D eigenvalue weighted by Gasteiger charge is 2.24. The zero-order valence-electron chi connectivity index (χ0n) is 11.6. The van der Waals surface area contributed by atoms with Crippen LogP contribution in [0.3, 0.4) is 0 Å². The Morgan fingerprint density at radius 3 is 2.72 bits per heavy atom. The number of aliphatic carboxylic acids is 1. The van der Waals surface area contributed by atoms with Gasteiger partial charge in [-0.2, -0.15) is 0 Å². The summed E-state index contributed by atoms with van der Waals surface area (Å²) in [4.78, 5) is 13.1. The van der Waals surface area contributed by atoms with Gasteiger partial charge in [0.2, 0.25) is 0 Å². The predicted molar refractivity (Wildman–Crippen MR) is 71.8 cm³/mol. The van der Waals surface area contributed by atoms with Crippen molar-refractivity contribution in [3.8, 4) is 0 Å². The fraction of sp³-hybridized carbons (Fsp3) is 0.929. The van der Waals surface area contributed by atoms with E-state index < -0.39 is 5.97 Å². The predicted octanol–water partition coefficient (Wildman–Crippen LogP) is 2.52. The fourth-order valence-corrected chi connectivity index (χ4v) is 2.47. The molecule has 0 aromatic rings. The fourth-order valence-electron chi connectivity index (χ4n) is 2.47. The molecule has 0 radical (unpaired) electrons. The summed E-state index contributed by atoms with van der Waals surface area (Å²) in [5.41, 5.74) is 0. The lowest BCUT2D eigenvalue weighted by Crippen LogP contribution is -2.46. The van der Waals surface area contributed by atoms with Crippen molar-refractivity contribution in [2.24, 2.45) is 0 Å². The Hall–Kier alpha value is -0.610. The van der Waals surface area contributed by atoms with Crippen LogP contribution in [-0.2, 0) is 9.53 Å². The molecule has 4 nitrogen and oxygen atoms in total. The molecule has 0 spiro atoms. The quantitative estimate of drug-likeness (QED) is 0.645. The van der Waals surface area contributed by atoms with E-state index in [0.29, 0.717) is 6.61 Å². The van der Waals surface area contributed by atoms with Crippen LogP contribution in [0, 0.1) is 0 Å². The first-order chi connectivity index (χ1) is 8.74. The molecular weight excluding hydrogens is 230 g/mol. The van der Waals surface area contributed by atoms with Gasteiger partial charge in [0, 0.05) is 12.6 Å². The van der Waals surface area contributed by atoms with Gasteiger partial charge in [-0.05, 0) is 13.0 Å². The van der Waals surface area contributed by atoms with Crippen molar-refractivity contribution in [2.75, 3.05) is 26.3 Å². The van der Waals surface area contributed by atoms with Crippen LogP contribution in [0.1, 0.15) is 51.9 Å². The molecule has 1 aliphatic heterocycles. The summed E-state index contributed by atoms with van der Waals surface area (Å²) in [6.07, 6.45) is 7.90. The van der Waals surface area contributed by atoms with Crippen LogP contribution in [0.2, 0.25) is 0 Å². The first-order valence-corrected chi connectivity index (χ1v) is 7.27. The van der Waals surface area contributed by atoms with Gasteiger partial charge in [0.1, 0.15) is 0 Å². The number of hydrogen-bond acceptors (Lipinski definition) is 3. The van der Waals surface area contributed by atoms with E-state index in [-0.39, 0.29) is 12.5 Å². The van der Waals surface area contributed by atoms with E-state index in [4.69, 9.17) is 9.84 Å². The molecule has 0 saturated carbocycles. The summed E-state index contributed by atoms with van der Waals surface area (Å²) >= 11 is 0. The van der Waals surface area contributed by atoms with Crippen molar-refractivity contribution in [3.05, 3.63) is 0 Å². The molecule has 1 fully saturated rings. The third-order valence-electron chi connectivity index (χ3n) is 3.56. The number of ether oxygens (including phenoxy) is 1. The van der Waals surface area contributed by atoms with E-state index in [9.17, 15) is 4.79 Å². The minimum absolute atomic E-state index is 0.0758. The first-order valence-electron chi connectivity index (χ1n) is 7.27. The molecule has 0 aromatic carbocycles. The van der Waals surface area contributed by atoms with Gasteiger partial charge in [-0.15, -0.1) is 0 Å². The lowest BCUT2D eigenvalue weighted by Gasteiger charge is -2.34. The van der Waals surface area contributed by atoms with E-state index in [1.165, 1.54) is 38.5 Å². The number of morpholine rings is 1. The van der Waals surface area contributed by atoms with Gasteiger partial charge < -0.3 is 9.84 Å². The van der Waals surface area contributed by atoms with E-state index in [0.717, 1.165) is 19.7 Å². The summed E-state index contributed by atoms with van der Waals surface area (Å²) in [5.74, 6) is -0.724. The van der Waals surface area contributed by atoms with Crippen molar-refractivity contribution in [1.82, 2.24) is 4.90 Å². The lowest BCUT2D eigenvalue weighted by molar-refractivity contribution is -0.140.